The Morgan fingerprint density at radius 2 is 2.04 bits per heavy atom. The first-order valence-corrected chi connectivity index (χ1v) is 8.77. The van der Waals surface area contributed by atoms with Gasteiger partial charge >= 0.3 is 0 Å². The number of H-pyrrole nitrogens is 1. The number of sulfonamides is 1. The Bertz CT molecular complexity index is 847. The molecule has 0 spiro atoms. The number of hydrogen-bond acceptors (Lipinski definition) is 6. The van der Waals surface area contributed by atoms with Crippen molar-refractivity contribution in [2.45, 2.75) is 6.42 Å². The summed E-state index contributed by atoms with van der Waals surface area (Å²) in [5, 5.41) is 0.411. The molecule has 0 unspecified atom stereocenters. The molecule has 1 N–H and O–H groups in total. The number of methoxy groups -OCH3 is 1. The predicted octanol–water partition coefficient (Wildman–Crippen LogP) is 0.592. The third kappa shape index (κ3) is 4.20. The second-order valence-electron chi connectivity index (χ2n) is 5.04. The zero-order valence-corrected chi connectivity index (χ0v) is 14.0. The summed E-state index contributed by atoms with van der Waals surface area (Å²) in [5.41, 5.74) is 0.243. The van der Waals surface area contributed by atoms with Crippen LogP contribution in [0.2, 0.25) is 0 Å². The third-order valence-electron chi connectivity index (χ3n) is 3.38. The maximum absolute atomic E-state index is 11.7. The van der Waals surface area contributed by atoms with E-state index >= 15 is 0 Å². The van der Waals surface area contributed by atoms with E-state index in [1.165, 1.54) is 24.8 Å². The second-order valence-corrected chi connectivity index (χ2v) is 7.13. The molecule has 1 aromatic heterocycles. The lowest BCUT2D eigenvalue weighted by Gasteiger charge is -2.15. The Labute approximate surface area is 134 Å². The molecule has 23 heavy (non-hydrogen) atoms. The fourth-order valence-electron chi connectivity index (χ4n) is 1.99. The summed E-state index contributed by atoms with van der Waals surface area (Å²) < 4.78 is 34.7. The quantitative estimate of drug-likeness (QED) is 0.740. The van der Waals surface area contributed by atoms with Gasteiger partial charge in [0.05, 0.1) is 37.2 Å². The van der Waals surface area contributed by atoms with E-state index in [4.69, 9.17) is 9.47 Å². The van der Waals surface area contributed by atoms with Crippen molar-refractivity contribution in [3.63, 3.8) is 0 Å². The van der Waals surface area contributed by atoms with Crippen molar-refractivity contribution in [1.29, 1.82) is 0 Å². The number of benzene rings is 1. The van der Waals surface area contributed by atoms with Crippen molar-refractivity contribution in [3.8, 4) is 11.5 Å². The van der Waals surface area contributed by atoms with Gasteiger partial charge < -0.3 is 14.5 Å². The van der Waals surface area contributed by atoms with Crippen molar-refractivity contribution < 1.29 is 17.9 Å². The van der Waals surface area contributed by atoms with Crippen LogP contribution in [0.25, 0.3) is 10.9 Å². The van der Waals surface area contributed by atoms with Crippen LogP contribution in [0.1, 0.15) is 6.42 Å². The van der Waals surface area contributed by atoms with Gasteiger partial charge in [0.15, 0.2) is 11.5 Å². The molecule has 0 saturated heterocycles. The van der Waals surface area contributed by atoms with Gasteiger partial charge in [-0.1, -0.05) is 0 Å². The van der Waals surface area contributed by atoms with E-state index < -0.39 is 10.0 Å². The van der Waals surface area contributed by atoms with Gasteiger partial charge in [-0.05, 0) is 12.5 Å². The van der Waals surface area contributed by atoms with Gasteiger partial charge in [-0.2, -0.15) is 4.98 Å². The van der Waals surface area contributed by atoms with Crippen molar-refractivity contribution >= 4 is 20.9 Å². The summed E-state index contributed by atoms with van der Waals surface area (Å²) in [4.78, 5) is 18.2. The molecule has 0 atom stereocenters. The lowest BCUT2D eigenvalue weighted by atomic mass is 10.2. The van der Waals surface area contributed by atoms with Crippen LogP contribution in [-0.2, 0) is 10.0 Å². The van der Waals surface area contributed by atoms with Gasteiger partial charge in [-0.15, -0.1) is 0 Å². The lowest BCUT2D eigenvalue weighted by molar-refractivity contribution is 0.280. The fourth-order valence-corrected chi connectivity index (χ4v) is 2.45. The van der Waals surface area contributed by atoms with Crippen LogP contribution in [-0.4, -0.2) is 56.3 Å². The largest absolute Gasteiger partial charge is 0.493 e. The zero-order chi connectivity index (χ0) is 17.0. The average molecular weight is 341 g/mol. The van der Waals surface area contributed by atoms with E-state index in [2.05, 4.69) is 9.97 Å². The Hall–Kier alpha value is -2.13. The maximum Gasteiger partial charge on any atom is 0.280 e. The molecule has 0 aliphatic rings. The molecule has 0 amide bonds. The smallest absolute Gasteiger partial charge is 0.280 e. The number of aromatic nitrogens is 2. The molecule has 8 nitrogen and oxygen atoms in total. The van der Waals surface area contributed by atoms with Crippen LogP contribution in [0.5, 0.6) is 11.5 Å². The van der Waals surface area contributed by atoms with Gasteiger partial charge in [-0.3, -0.25) is 4.79 Å². The second kappa shape index (κ2) is 6.97. The standard InChI is InChI=1S/C14H19N3O5S/c1-17(23(3,19)20)5-4-6-22-13-8-11-10(7-12(13)21-2)14(18)16-9-15-11/h7-9H,4-6H2,1-3H3,(H,15,16,18). The topological polar surface area (TPSA) is 102 Å². The normalized spacial score (nSPS) is 11.8. The van der Waals surface area contributed by atoms with E-state index in [9.17, 15) is 13.2 Å². The Kier molecular flexibility index (Phi) is 5.22. The van der Waals surface area contributed by atoms with E-state index in [0.29, 0.717) is 42.0 Å². The maximum atomic E-state index is 11.7. The molecule has 0 bridgehead atoms. The first-order chi connectivity index (χ1) is 10.8. The predicted molar refractivity (Wildman–Crippen MR) is 86.5 cm³/mol. The first kappa shape index (κ1) is 17.2. The van der Waals surface area contributed by atoms with Gasteiger partial charge in [0.25, 0.3) is 5.56 Å². The fraction of sp³-hybridized carbons (Fsp3) is 0.429. The van der Waals surface area contributed by atoms with Gasteiger partial charge in [0.2, 0.25) is 10.0 Å². The van der Waals surface area contributed by atoms with Crippen molar-refractivity contribution in [2.75, 3.05) is 33.6 Å². The van der Waals surface area contributed by atoms with E-state index in [-0.39, 0.29) is 5.56 Å². The van der Waals surface area contributed by atoms with Crippen LogP contribution in [0.15, 0.2) is 23.3 Å². The molecular weight excluding hydrogens is 322 g/mol. The number of nitrogens with zero attached hydrogens (tertiary/aromatic N) is 2. The summed E-state index contributed by atoms with van der Waals surface area (Å²) in [6.07, 6.45) is 3.00. The molecule has 0 fully saturated rings. The summed E-state index contributed by atoms with van der Waals surface area (Å²) in [6, 6.07) is 3.23. The highest BCUT2D eigenvalue weighted by Gasteiger charge is 2.12. The van der Waals surface area contributed by atoms with E-state index in [0.717, 1.165) is 6.26 Å². The number of rotatable bonds is 7. The highest BCUT2D eigenvalue weighted by Crippen LogP contribution is 2.30. The summed E-state index contributed by atoms with van der Waals surface area (Å²) in [5.74, 6) is 0.899. The summed E-state index contributed by atoms with van der Waals surface area (Å²) in [6.45, 7) is 0.673. The molecule has 2 rings (SSSR count). The van der Waals surface area contributed by atoms with E-state index in [1.54, 1.807) is 12.1 Å². The van der Waals surface area contributed by atoms with Crippen LogP contribution in [0.4, 0.5) is 0 Å². The molecule has 0 aliphatic heterocycles. The average Bonchev–Trinajstić information content (AvgIpc) is 2.50. The van der Waals surface area contributed by atoms with Crippen LogP contribution < -0.4 is 15.0 Å². The molecule has 126 valence electrons. The number of hydrogen-bond donors (Lipinski definition) is 1. The molecule has 2 aromatic rings. The third-order valence-corrected chi connectivity index (χ3v) is 4.69. The number of fused-ring (bicyclic) bond motifs is 1. The van der Waals surface area contributed by atoms with Crippen LogP contribution >= 0.6 is 0 Å². The van der Waals surface area contributed by atoms with Gasteiger partial charge in [-0.25, -0.2) is 12.7 Å². The minimum absolute atomic E-state index is 0.317. The molecule has 1 aromatic carbocycles. The monoisotopic (exact) mass is 341 g/mol. The highest BCUT2D eigenvalue weighted by molar-refractivity contribution is 7.88. The van der Waals surface area contributed by atoms with Crippen LogP contribution in [0, 0.1) is 0 Å². The Morgan fingerprint density at radius 1 is 1.30 bits per heavy atom. The van der Waals surface area contributed by atoms with Crippen molar-refractivity contribution in [2.24, 2.45) is 0 Å². The van der Waals surface area contributed by atoms with Crippen LogP contribution in [0.3, 0.4) is 0 Å². The molecule has 9 heteroatoms. The molecule has 0 saturated carbocycles. The van der Waals surface area contributed by atoms with Crippen molar-refractivity contribution in [1.82, 2.24) is 14.3 Å². The van der Waals surface area contributed by atoms with Gasteiger partial charge in [0, 0.05) is 19.7 Å². The Balaban J connectivity index is 2.09. The minimum atomic E-state index is -3.19. The zero-order valence-electron chi connectivity index (χ0n) is 13.2. The minimum Gasteiger partial charge on any atom is -0.493 e. The first-order valence-electron chi connectivity index (χ1n) is 6.92. The Morgan fingerprint density at radius 3 is 2.70 bits per heavy atom. The molecule has 0 aliphatic carbocycles. The molecule has 0 radical (unpaired) electrons. The van der Waals surface area contributed by atoms with E-state index in [1.807, 2.05) is 0 Å². The number of nitrogens with one attached hydrogen (secondary N) is 1. The number of aromatic amines is 1. The highest BCUT2D eigenvalue weighted by atomic mass is 32.2. The molecule has 1 heterocycles. The summed E-state index contributed by atoms with van der Waals surface area (Å²) >= 11 is 0. The summed E-state index contributed by atoms with van der Waals surface area (Å²) in [7, 11) is -0.188. The van der Waals surface area contributed by atoms with Gasteiger partial charge in [0.1, 0.15) is 0 Å². The number of ether oxygens (including phenoxy) is 2. The lowest BCUT2D eigenvalue weighted by Crippen LogP contribution is -2.27. The SMILES string of the molecule is COc1cc2c(=O)nc[nH]c2cc1OCCCN(C)S(C)(=O)=O. The van der Waals surface area contributed by atoms with Crippen molar-refractivity contribution in [3.05, 3.63) is 28.8 Å². The molecular formula is C14H19N3O5S.